The van der Waals surface area contributed by atoms with Gasteiger partial charge in [-0.25, -0.2) is 9.97 Å². The number of hydrogen-bond acceptors (Lipinski definition) is 6. The zero-order valence-electron chi connectivity index (χ0n) is 9.85. The predicted octanol–water partition coefficient (Wildman–Crippen LogP) is 0.689. The second-order valence-corrected chi connectivity index (χ2v) is 4.28. The van der Waals surface area contributed by atoms with Crippen LogP contribution in [-0.2, 0) is 0 Å². The highest BCUT2D eigenvalue weighted by Gasteiger charge is 2.23. The Morgan fingerprint density at radius 2 is 1.76 bits per heavy atom. The molecule has 0 aliphatic carbocycles. The van der Waals surface area contributed by atoms with Gasteiger partial charge in [0.25, 0.3) is 0 Å². The third-order valence-electron chi connectivity index (χ3n) is 3.04. The van der Waals surface area contributed by atoms with Gasteiger partial charge in [-0.1, -0.05) is 0 Å². The topological polar surface area (TPSA) is 105 Å². The normalized spacial score (nSPS) is 16.8. The predicted molar refractivity (Wildman–Crippen MR) is 66.1 cm³/mol. The molecule has 0 saturated carbocycles. The fourth-order valence-electron chi connectivity index (χ4n) is 2.17. The minimum atomic E-state index is 0.139. The monoisotopic (exact) mass is 232 g/mol. The molecule has 1 aromatic heterocycles. The minimum Gasteiger partial charge on any atom is -0.382 e. The van der Waals surface area contributed by atoms with E-state index in [0.29, 0.717) is 23.1 Å². The summed E-state index contributed by atoms with van der Waals surface area (Å²) in [5.74, 6) is 1.56. The molecule has 1 aromatic rings. The molecule has 0 atom stereocenters. The Morgan fingerprint density at radius 3 is 2.24 bits per heavy atom. The Labute approximate surface area is 100 Å². The first-order valence-corrected chi connectivity index (χ1v) is 5.66. The number of nitrogens with two attached hydrogens (primary N) is 2. The van der Waals surface area contributed by atoms with Crippen LogP contribution in [0.5, 0.6) is 0 Å². The molecule has 1 fully saturated rings. The second kappa shape index (κ2) is 4.45. The third kappa shape index (κ3) is 2.23. The van der Waals surface area contributed by atoms with Crippen molar-refractivity contribution in [2.24, 2.45) is 5.92 Å². The molecule has 2 heterocycles. The van der Waals surface area contributed by atoms with E-state index in [0.717, 1.165) is 25.9 Å². The lowest BCUT2D eigenvalue weighted by Crippen LogP contribution is -2.34. The molecular weight excluding hydrogens is 216 g/mol. The van der Waals surface area contributed by atoms with Crippen LogP contribution < -0.4 is 16.4 Å². The summed E-state index contributed by atoms with van der Waals surface area (Å²) < 4.78 is 0. The van der Waals surface area contributed by atoms with Crippen LogP contribution in [0, 0.1) is 24.2 Å². The van der Waals surface area contributed by atoms with Gasteiger partial charge in [0.15, 0.2) is 11.6 Å². The summed E-state index contributed by atoms with van der Waals surface area (Å²) >= 11 is 0. The van der Waals surface area contributed by atoms with E-state index in [9.17, 15) is 0 Å². The van der Waals surface area contributed by atoms with Gasteiger partial charge in [-0.05, 0) is 19.8 Å². The Morgan fingerprint density at radius 1 is 1.24 bits per heavy atom. The average molecular weight is 232 g/mol. The van der Waals surface area contributed by atoms with E-state index >= 15 is 0 Å². The quantitative estimate of drug-likeness (QED) is 0.738. The molecule has 17 heavy (non-hydrogen) atoms. The SMILES string of the molecule is Cc1nc(N)c(N2CCC(C#N)CC2)c(N)n1. The first kappa shape index (κ1) is 11.5. The van der Waals surface area contributed by atoms with E-state index in [-0.39, 0.29) is 5.92 Å². The van der Waals surface area contributed by atoms with Crippen molar-refractivity contribution in [1.82, 2.24) is 9.97 Å². The molecule has 0 unspecified atom stereocenters. The molecule has 0 amide bonds. The van der Waals surface area contributed by atoms with Gasteiger partial charge in [0.05, 0.1) is 6.07 Å². The highest BCUT2D eigenvalue weighted by molar-refractivity contribution is 5.75. The van der Waals surface area contributed by atoms with Crippen LogP contribution >= 0.6 is 0 Å². The summed E-state index contributed by atoms with van der Waals surface area (Å²) in [4.78, 5) is 10.3. The number of hydrogen-bond donors (Lipinski definition) is 2. The van der Waals surface area contributed by atoms with Crippen LogP contribution in [0.25, 0.3) is 0 Å². The number of anilines is 3. The zero-order valence-corrected chi connectivity index (χ0v) is 9.85. The van der Waals surface area contributed by atoms with Crippen LogP contribution in [0.1, 0.15) is 18.7 Å². The van der Waals surface area contributed by atoms with Crippen molar-refractivity contribution in [3.05, 3.63) is 5.82 Å². The smallest absolute Gasteiger partial charge is 0.153 e. The number of aryl methyl sites for hydroxylation is 1. The van der Waals surface area contributed by atoms with E-state index in [4.69, 9.17) is 16.7 Å². The van der Waals surface area contributed by atoms with Crippen LogP contribution in [0.15, 0.2) is 0 Å². The highest BCUT2D eigenvalue weighted by Crippen LogP contribution is 2.30. The van der Waals surface area contributed by atoms with Gasteiger partial charge in [-0.2, -0.15) is 5.26 Å². The van der Waals surface area contributed by atoms with E-state index in [1.165, 1.54) is 0 Å². The second-order valence-electron chi connectivity index (χ2n) is 4.28. The summed E-state index contributed by atoms with van der Waals surface area (Å²) in [5, 5.41) is 8.85. The van der Waals surface area contributed by atoms with Crippen LogP contribution in [0.3, 0.4) is 0 Å². The Bertz CT molecular complexity index is 433. The largest absolute Gasteiger partial charge is 0.382 e. The maximum Gasteiger partial charge on any atom is 0.153 e. The van der Waals surface area contributed by atoms with E-state index < -0.39 is 0 Å². The molecular formula is C11H16N6. The third-order valence-corrected chi connectivity index (χ3v) is 3.04. The number of nitrogens with zero attached hydrogens (tertiary/aromatic N) is 4. The summed E-state index contributed by atoms with van der Waals surface area (Å²) in [6.45, 7) is 3.32. The van der Waals surface area contributed by atoms with Gasteiger partial charge in [0.2, 0.25) is 0 Å². The first-order chi connectivity index (χ1) is 8.11. The van der Waals surface area contributed by atoms with Crippen molar-refractivity contribution < 1.29 is 0 Å². The van der Waals surface area contributed by atoms with Gasteiger partial charge in [-0.15, -0.1) is 0 Å². The molecule has 0 bridgehead atoms. The lowest BCUT2D eigenvalue weighted by Gasteiger charge is -2.31. The van der Waals surface area contributed by atoms with E-state index in [1.807, 2.05) is 0 Å². The van der Waals surface area contributed by atoms with Gasteiger partial charge in [0.1, 0.15) is 11.5 Å². The maximum absolute atomic E-state index is 8.85. The standard InChI is InChI=1S/C11H16N6/c1-7-15-10(13)9(11(14)16-7)17-4-2-8(6-12)3-5-17/h8H,2-5H2,1H3,(H4,13,14,15,16). The molecule has 4 N–H and O–H groups in total. The average Bonchev–Trinajstić information content (AvgIpc) is 2.28. The van der Waals surface area contributed by atoms with E-state index in [2.05, 4.69) is 20.9 Å². The molecule has 0 spiro atoms. The van der Waals surface area contributed by atoms with Crippen LogP contribution in [0.2, 0.25) is 0 Å². The zero-order chi connectivity index (χ0) is 12.4. The van der Waals surface area contributed by atoms with Gasteiger partial charge < -0.3 is 16.4 Å². The minimum absolute atomic E-state index is 0.139. The lowest BCUT2D eigenvalue weighted by molar-refractivity contribution is 0.488. The number of rotatable bonds is 1. The Hall–Kier alpha value is -2.03. The molecule has 6 nitrogen and oxygen atoms in total. The number of nitriles is 1. The lowest BCUT2D eigenvalue weighted by atomic mass is 9.98. The molecule has 6 heteroatoms. The van der Waals surface area contributed by atoms with Gasteiger partial charge >= 0.3 is 0 Å². The molecule has 90 valence electrons. The van der Waals surface area contributed by atoms with Crippen molar-refractivity contribution in [3.8, 4) is 6.07 Å². The van der Waals surface area contributed by atoms with Crippen molar-refractivity contribution in [2.75, 3.05) is 29.5 Å². The van der Waals surface area contributed by atoms with Gasteiger partial charge in [0, 0.05) is 19.0 Å². The Kier molecular flexibility index (Phi) is 3.00. The summed E-state index contributed by atoms with van der Waals surface area (Å²) in [6, 6.07) is 2.29. The molecule has 0 aromatic carbocycles. The Balaban J connectivity index is 2.22. The van der Waals surface area contributed by atoms with Gasteiger partial charge in [-0.3, -0.25) is 0 Å². The van der Waals surface area contributed by atoms with Crippen molar-refractivity contribution >= 4 is 17.3 Å². The number of nitrogen functional groups attached to an aromatic ring is 2. The molecule has 0 radical (unpaired) electrons. The number of aromatic nitrogens is 2. The summed E-state index contributed by atoms with van der Waals surface area (Å²) in [5.41, 5.74) is 12.5. The van der Waals surface area contributed by atoms with E-state index in [1.54, 1.807) is 6.92 Å². The van der Waals surface area contributed by atoms with Crippen molar-refractivity contribution in [1.29, 1.82) is 5.26 Å². The van der Waals surface area contributed by atoms with Crippen LogP contribution in [-0.4, -0.2) is 23.1 Å². The fourth-order valence-corrected chi connectivity index (χ4v) is 2.17. The fraction of sp³-hybridized carbons (Fsp3) is 0.545. The summed E-state index contributed by atoms with van der Waals surface area (Å²) in [7, 11) is 0. The summed E-state index contributed by atoms with van der Waals surface area (Å²) in [6.07, 6.45) is 1.67. The molecule has 2 rings (SSSR count). The number of piperidine rings is 1. The first-order valence-electron chi connectivity index (χ1n) is 5.66. The highest BCUT2D eigenvalue weighted by atomic mass is 15.2. The molecule has 1 saturated heterocycles. The maximum atomic E-state index is 8.85. The molecule has 1 aliphatic heterocycles. The van der Waals surface area contributed by atoms with Crippen molar-refractivity contribution in [2.45, 2.75) is 19.8 Å². The molecule has 1 aliphatic rings. The van der Waals surface area contributed by atoms with Crippen molar-refractivity contribution in [3.63, 3.8) is 0 Å². The van der Waals surface area contributed by atoms with Crippen LogP contribution in [0.4, 0.5) is 17.3 Å².